The van der Waals surface area contributed by atoms with Gasteiger partial charge in [-0.15, -0.1) is 0 Å². The molecule has 1 rings (SSSR count). The van der Waals surface area contributed by atoms with Crippen molar-refractivity contribution < 1.29 is 14.6 Å². The van der Waals surface area contributed by atoms with E-state index in [4.69, 9.17) is 0 Å². The Morgan fingerprint density at radius 2 is 2.13 bits per heavy atom. The van der Waals surface area contributed by atoms with Crippen molar-refractivity contribution in [2.75, 3.05) is 7.11 Å². The van der Waals surface area contributed by atoms with Gasteiger partial charge in [-0.2, -0.15) is 4.98 Å². The third-order valence-electron chi connectivity index (χ3n) is 1.89. The van der Waals surface area contributed by atoms with Crippen LogP contribution in [0.15, 0.2) is 4.79 Å². The average Bonchev–Trinajstić information content (AvgIpc) is 2.14. The van der Waals surface area contributed by atoms with Crippen LogP contribution in [0.5, 0.6) is 5.88 Å². The molecule has 0 aliphatic heterocycles. The second-order valence-corrected chi connectivity index (χ2v) is 3.30. The molecule has 0 saturated carbocycles. The van der Waals surface area contributed by atoms with Gasteiger partial charge in [0.05, 0.1) is 12.7 Å². The Bertz CT molecular complexity index is 436. The molecular weight excluding hydrogens is 200 g/mol. The van der Waals surface area contributed by atoms with Gasteiger partial charge in [0.15, 0.2) is 0 Å². The molecule has 0 atom stereocenters. The van der Waals surface area contributed by atoms with Crippen molar-refractivity contribution in [3.8, 4) is 5.88 Å². The van der Waals surface area contributed by atoms with Gasteiger partial charge in [-0.25, -0.2) is 4.79 Å². The second-order valence-electron chi connectivity index (χ2n) is 3.30. The molecule has 0 radical (unpaired) electrons. The van der Waals surface area contributed by atoms with Crippen LogP contribution in [0.3, 0.4) is 0 Å². The number of ether oxygens (including phenoxy) is 1. The van der Waals surface area contributed by atoms with Crippen LogP contribution >= 0.6 is 0 Å². The highest BCUT2D eigenvalue weighted by Crippen LogP contribution is 2.18. The van der Waals surface area contributed by atoms with Crippen molar-refractivity contribution in [2.24, 2.45) is 0 Å². The van der Waals surface area contributed by atoms with E-state index in [9.17, 15) is 14.7 Å². The highest BCUT2D eigenvalue weighted by molar-refractivity contribution is 5.85. The van der Waals surface area contributed by atoms with Crippen LogP contribution in [0.1, 0.15) is 35.9 Å². The number of carbonyl (C=O) groups is 1. The Kier molecular flexibility index (Phi) is 3.08. The predicted molar refractivity (Wildman–Crippen MR) is 52.0 cm³/mol. The Balaban J connectivity index is 3.32. The zero-order valence-corrected chi connectivity index (χ0v) is 8.70. The number of carbonyl (C=O) groups excluding carboxylic acids is 1. The smallest absolute Gasteiger partial charge is 0.374 e. The first kappa shape index (κ1) is 11.2. The van der Waals surface area contributed by atoms with Gasteiger partial charge in [0.1, 0.15) is 0 Å². The highest BCUT2D eigenvalue weighted by Gasteiger charge is 2.17. The summed E-state index contributed by atoms with van der Waals surface area (Å²) in [5, 5.41) is 9.45. The van der Waals surface area contributed by atoms with Gasteiger partial charge < -0.3 is 14.8 Å². The molecular formula is C9H12N2O4. The molecule has 0 saturated heterocycles. The molecule has 15 heavy (non-hydrogen) atoms. The third-order valence-corrected chi connectivity index (χ3v) is 1.89. The molecule has 0 fully saturated rings. The predicted octanol–water partition coefficient (Wildman–Crippen LogP) is 0.386. The molecule has 6 heteroatoms. The van der Waals surface area contributed by atoms with E-state index in [-0.39, 0.29) is 17.3 Å². The fourth-order valence-electron chi connectivity index (χ4n) is 1.18. The molecule has 0 aliphatic rings. The van der Waals surface area contributed by atoms with E-state index in [2.05, 4.69) is 14.7 Å². The maximum absolute atomic E-state index is 11.5. The number of esters is 1. The lowest BCUT2D eigenvalue weighted by molar-refractivity contribution is 0.0585. The van der Waals surface area contributed by atoms with E-state index < -0.39 is 17.4 Å². The summed E-state index contributed by atoms with van der Waals surface area (Å²) < 4.78 is 4.36. The fourth-order valence-corrected chi connectivity index (χ4v) is 1.18. The van der Waals surface area contributed by atoms with Crippen molar-refractivity contribution in [1.29, 1.82) is 0 Å². The van der Waals surface area contributed by atoms with E-state index in [1.165, 1.54) is 0 Å². The molecule has 2 N–H and O–H groups in total. The molecule has 0 spiro atoms. The van der Waals surface area contributed by atoms with Crippen LogP contribution in [-0.4, -0.2) is 28.2 Å². The Morgan fingerprint density at radius 3 is 2.53 bits per heavy atom. The van der Waals surface area contributed by atoms with Crippen LogP contribution in [0, 0.1) is 0 Å². The molecule has 0 aliphatic carbocycles. The van der Waals surface area contributed by atoms with Crippen LogP contribution in [0.2, 0.25) is 0 Å². The second kappa shape index (κ2) is 4.12. The minimum Gasteiger partial charge on any atom is -0.493 e. The highest BCUT2D eigenvalue weighted by atomic mass is 16.5. The molecule has 1 aromatic heterocycles. The van der Waals surface area contributed by atoms with E-state index in [1.54, 1.807) is 13.8 Å². The van der Waals surface area contributed by atoms with Gasteiger partial charge in [-0.3, -0.25) is 4.79 Å². The molecule has 0 unspecified atom stereocenters. The zero-order chi connectivity index (χ0) is 11.6. The zero-order valence-electron chi connectivity index (χ0n) is 8.70. The number of hydrogen-bond acceptors (Lipinski definition) is 5. The summed E-state index contributed by atoms with van der Waals surface area (Å²) in [6.45, 7) is 3.48. The molecule has 0 aromatic carbocycles. The van der Waals surface area contributed by atoms with Gasteiger partial charge in [0.2, 0.25) is 11.7 Å². The molecule has 0 bridgehead atoms. The van der Waals surface area contributed by atoms with E-state index in [0.717, 1.165) is 7.11 Å². The monoisotopic (exact) mass is 212 g/mol. The molecule has 0 amide bonds. The topological polar surface area (TPSA) is 92.3 Å². The Hall–Kier alpha value is -1.85. The van der Waals surface area contributed by atoms with Gasteiger partial charge in [0, 0.05) is 0 Å². The van der Waals surface area contributed by atoms with Crippen molar-refractivity contribution in [1.82, 2.24) is 9.97 Å². The standard InChI is InChI=1S/C9H12N2O4/c1-4(2)5-7(12)10-6(9(14)15-3)11-8(5)13/h4H,1-3H3,(H2,10,11,12,13). The number of aromatic amines is 1. The van der Waals surface area contributed by atoms with Crippen molar-refractivity contribution >= 4 is 5.97 Å². The number of aromatic nitrogens is 2. The lowest BCUT2D eigenvalue weighted by atomic mass is 10.1. The quantitative estimate of drug-likeness (QED) is 0.691. The number of H-pyrrole nitrogens is 1. The third kappa shape index (κ3) is 2.15. The Labute approximate surface area is 85.9 Å². The fraction of sp³-hybridized carbons (Fsp3) is 0.444. The Morgan fingerprint density at radius 1 is 1.53 bits per heavy atom. The van der Waals surface area contributed by atoms with Gasteiger partial charge in [-0.05, 0) is 5.92 Å². The largest absolute Gasteiger partial charge is 0.493 e. The molecule has 1 heterocycles. The first-order valence-electron chi connectivity index (χ1n) is 4.38. The van der Waals surface area contributed by atoms with Gasteiger partial charge >= 0.3 is 5.97 Å². The van der Waals surface area contributed by atoms with Crippen molar-refractivity contribution in [3.05, 3.63) is 21.7 Å². The van der Waals surface area contributed by atoms with Crippen LogP contribution in [-0.2, 0) is 4.74 Å². The maximum Gasteiger partial charge on any atom is 0.374 e. The van der Waals surface area contributed by atoms with Crippen LogP contribution in [0.4, 0.5) is 0 Å². The summed E-state index contributed by atoms with van der Waals surface area (Å²) in [6, 6.07) is 0. The summed E-state index contributed by atoms with van der Waals surface area (Å²) in [4.78, 5) is 28.3. The number of methoxy groups -OCH3 is 1. The number of aromatic hydroxyl groups is 1. The summed E-state index contributed by atoms with van der Waals surface area (Å²) in [6.07, 6.45) is 0. The normalized spacial score (nSPS) is 10.4. The van der Waals surface area contributed by atoms with Crippen LogP contribution in [0.25, 0.3) is 0 Å². The lowest BCUT2D eigenvalue weighted by Crippen LogP contribution is -2.21. The number of hydrogen-bond donors (Lipinski definition) is 2. The average molecular weight is 212 g/mol. The minimum atomic E-state index is -0.794. The van der Waals surface area contributed by atoms with Gasteiger partial charge in [-0.1, -0.05) is 13.8 Å². The van der Waals surface area contributed by atoms with Crippen molar-refractivity contribution in [3.63, 3.8) is 0 Å². The summed E-state index contributed by atoms with van der Waals surface area (Å²) >= 11 is 0. The first-order valence-corrected chi connectivity index (χ1v) is 4.38. The number of nitrogens with one attached hydrogen (secondary N) is 1. The summed E-state index contributed by atoms with van der Waals surface area (Å²) in [7, 11) is 1.16. The summed E-state index contributed by atoms with van der Waals surface area (Å²) in [5.41, 5.74) is -0.374. The van der Waals surface area contributed by atoms with Gasteiger partial charge in [0.25, 0.3) is 5.56 Å². The van der Waals surface area contributed by atoms with Crippen LogP contribution < -0.4 is 5.56 Å². The summed E-state index contributed by atoms with van der Waals surface area (Å²) in [5.74, 6) is -1.70. The van der Waals surface area contributed by atoms with E-state index in [0.29, 0.717) is 0 Å². The minimum absolute atomic E-state index is 0.155. The molecule has 82 valence electrons. The van der Waals surface area contributed by atoms with E-state index in [1.807, 2.05) is 0 Å². The maximum atomic E-state index is 11.5. The van der Waals surface area contributed by atoms with Crippen molar-refractivity contribution in [2.45, 2.75) is 19.8 Å². The van der Waals surface area contributed by atoms with E-state index >= 15 is 0 Å². The first-order chi connectivity index (χ1) is 6.97. The number of rotatable bonds is 2. The molecule has 1 aromatic rings. The SMILES string of the molecule is COC(=O)c1nc(O)c(C(C)C)c(=O)[nH]1. The number of nitrogens with zero attached hydrogens (tertiary/aromatic N) is 1. The molecule has 6 nitrogen and oxygen atoms in total. The lowest BCUT2D eigenvalue weighted by Gasteiger charge is -2.06.